The van der Waals surface area contributed by atoms with E-state index in [9.17, 15) is 27.6 Å². The van der Waals surface area contributed by atoms with E-state index in [-0.39, 0.29) is 41.0 Å². The number of carboxylic acids is 1. The lowest BCUT2D eigenvalue weighted by Crippen LogP contribution is -2.51. The molecule has 8 nitrogen and oxygen atoms in total. The molecule has 2 N–H and O–H groups in total. The molecule has 1 fully saturated rings. The van der Waals surface area contributed by atoms with E-state index in [4.69, 9.17) is 10.1 Å². The Morgan fingerprint density at radius 2 is 1.65 bits per heavy atom. The minimum atomic E-state index is -4.60. The first kappa shape index (κ1) is 35.1. The van der Waals surface area contributed by atoms with Crippen molar-refractivity contribution in [1.29, 1.82) is 0 Å². The molecule has 0 radical (unpaired) electrons. The summed E-state index contributed by atoms with van der Waals surface area (Å²) in [6, 6.07) is 8.71. The Balaban J connectivity index is 1.74. The summed E-state index contributed by atoms with van der Waals surface area (Å²) in [6.07, 6.45) is 0.602. The van der Waals surface area contributed by atoms with Crippen molar-refractivity contribution in [2.45, 2.75) is 104 Å². The number of benzene rings is 1. The van der Waals surface area contributed by atoms with E-state index >= 15 is 0 Å². The van der Waals surface area contributed by atoms with Crippen molar-refractivity contribution in [3.8, 4) is 0 Å². The van der Waals surface area contributed by atoms with Crippen LogP contribution in [-0.4, -0.2) is 50.7 Å². The topological polar surface area (TPSA) is 112 Å². The van der Waals surface area contributed by atoms with Crippen LogP contribution < -0.4 is 5.32 Å². The van der Waals surface area contributed by atoms with E-state index in [0.29, 0.717) is 30.7 Å². The molecular weight excluding hydrogens is 597 g/mol. The minimum absolute atomic E-state index is 0.00338. The Morgan fingerprint density at radius 1 is 1.02 bits per heavy atom. The van der Waals surface area contributed by atoms with Gasteiger partial charge in [-0.15, -0.1) is 0 Å². The number of nitrogens with zero attached hydrogens (tertiary/aromatic N) is 3. The fraction of sp³-hybridized carbons (Fsp3) is 0.571. The maximum absolute atomic E-state index is 14.5. The molecule has 46 heavy (non-hydrogen) atoms. The van der Waals surface area contributed by atoms with Gasteiger partial charge in [0.05, 0.1) is 12.5 Å². The van der Waals surface area contributed by atoms with E-state index in [1.807, 2.05) is 17.0 Å². The Morgan fingerprint density at radius 3 is 2.15 bits per heavy atom. The Labute approximate surface area is 268 Å². The number of rotatable bonds is 9. The number of alkyl halides is 3. The van der Waals surface area contributed by atoms with Crippen molar-refractivity contribution in [3.63, 3.8) is 0 Å². The monoisotopic (exact) mass is 642 g/mol. The lowest BCUT2D eigenvalue weighted by atomic mass is 9.69. The second-order valence-corrected chi connectivity index (χ2v) is 14.8. The van der Waals surface area contributed by atoms with E-state index in [0.717, 1.165) is 37.1 Å². The molecule has 1 saturated carbocycles. The molecule has 1 spiro atoms. The zero-order valence-corrected chi connectivity index (χ0v) is 27.5. The summed E-state index contributed by atoms with van der Waals surface area (Å²) in [7, 11) is 0. The third-order valence-electron chi connectivity index (χ3n) is 9.19. The van der Waals surface area contributed by atoms with Gasteiger partial charge in [0.25, 0.3) is 11.8 Å². The van der Waals surface area contributed by atoms with Gasteiger partial charge in [-0.2, -0.15) is 13.2 Å². The lowest BCUT2D eigenvalue weighted by Gasteiger charge is -2.47. The molecule has 1 aliphatic carbocycles. The van der Waals surface area contributed by atoms with Crippen molar-refractivity contribution in [2.75, 3.05) is 6.54 Å². The van der Waals surface area contributed by atoms with Crippen LogP contribution in [0.3, 0.4) is 0 Å². The second-order valence-electron chi connectivity index (χ2n) is 14.8. The predicted octanol–water partition coefficient (Wildman–Crippen LogP) is 7.44. The first-order valence-electron chi connectivity index (χ1n) is 15.9. The highest BCUT2D eigenvalue weighted by Gasteiger charge is 2.53. The smallest absolute Gasteiger partial charge is 0.433 e. The quantitative estimate of drug-likeness (QED) is 0.295. The van der Waals surface area contributed by atoms with Gasteiger partial charge < -0.3 is 15.3 Å². The minimum Gasteiger partial charge on any atom is -0.481 e. The first-order valence-corrected chi connectivity index (χ1v) is 15.9. The highest BCUT2D eigenvalue weighted by Crippen LogP contribution is 2.50. The number of amides is 2. The molecule has 4 rings (SSSR count). The number of halogens is 3. The van der Waals surface area contributed by atoms with E-state index in [1.165, 1.54) is 6.07 Å². The molecule has 11 heteroatoms. The largest absolute Gasteiger partial charge is 0.481 e. The highest BCUT2D eigenvalue weighted by molar-refractivity contribution is 6.46. The normalized spacial score (nSPS) is 21.3. The molecule has 250 valence electrons. The first-order chi connectivity index (χ1) is 21.3. The molecule has 2 amide bonds. The Hall–Kier alpha value is -3.76. The number of carboxylic acid groups (broad SMARTS) is 1. The third kappa shape index (κ3) is 8.14. The summed E-state index contributed by atoms with van der Waals surface area (Å²) in [5.41, 5.74) is -0.328. The molecule has 0 bridgehead atoms. The molecule has 1 aromatic carbocycles. The molecule has 2 aromatic rings. The molecule has 2 heterocycles. The summed E-state index contributed by atoms with van der Waals surface area (Å²) in [4.78, 5) is 48.5. The van der Waals surface area contributed by atoms with Gasteiger partial charge >= 0.3 is 12.1 Å². The van der Waals surface area contributed by atoms with Crippen LogP contribution in [-0.2, 0) is 15.8 Å². The van der Waals surface area contributed by atoms with E-state index in [2.05, 4.69) is 51.8 Å². The fourth-order valence-electron chi connectivity index (χ4n) is 6.49. The van der Waals surface area contributed by atoms with Crippen LogP contribution in [0.1, 0.15) is 120 Å². The Bertz CT molecular complexity index is 1450. The van der Waals surface area contributed by atoms with Crippen LogP contribution in [0.25, 0.3) is 0 Å². The van der Waals surface area contributed by atoms with Crippen LogP contribution in [0.2, 0.25) is 0 Å². The maximum Gasteiger partial charge on any atom is 0.433 e. The van der Waals surface area contributed by atoms with Gasteiger partial charge in [0, 0.05) is 23.9 Å². The van der Waals surface area contributed by atoms with Crippen molar-refractivity contribution >= 4 is 23.5 Å². The number of aliphatic imine (C=N–C) groups is 1. The number of hydrogen-bond donors (Lipinski definition) is 2. The SMILES string of the molecule is CC(C)(C)CCC(c1ccc(C(=O)NCCC(=O)O)cc1)N1C(=O)C(c2ccc(C(F)(F)F)nc2)=NC12CCC(C(C)(C)C)CC2. The molecule has 1 aromatic heterocycles. The van der Waals surface area contributed by atoms with E-state index in [1.54, 1.807) is 12.1 Å². The van der Waals surface area contributed by atoms with Crippen molar-refractivity contribution in [3.05, 3.63) is 65.0 Å². The van der Waals surface area contributed by atoms with Gasteiger partial charge in [0.15, 0.2) is 0 Å². The number of carbonyl (C=O) groups is 3. The molecule has 1 aliphatic heterocycles. The van der Waals surface area contributed by atoms with Gasteiger partial charge in [0.1, 0.15) is 17.1 Å². The zero-order valence-electron chi connectivity index (χ0n) is 27.5. The number of hydrogen-bond acceptors (Lipinski definition) is 5. The van der Waals surface area contributed by atoms with Crippen molar-refractivity contribution in [1.82, 2.24) is 15.2 Å². The molecule has 1 atom stereocenters. The summed E-state index contributed by atoms with van der Waals surface area (Å²) in [5.74, 6) is -1.32. The standard InChI is InChI=1S/C35H45F3N4O4/c1-32(2,3)17-15-26(22-7-9-23(10-8-22)30(45)39-20-16-28(43)44)42-31(46)29(24-11-12-27(40-21-24)35(36,37)38)41-34(42)18-13-25(14-19-34)33(4,5)6/h7-12,21,25-26H,13-20H2,1-6H3,(H,39,45)(H,43,44). The highest BCUT2D eigenvalue weighted by atomic mass is 19.4. The lowest BCUT2D eigenvalue weighted by molar-refractivity contribution is -0.141. The maximum atomic E-state index is 14.5. The average molecular weight is 643 g/mol. The summed E-state index contributed by atoms with van der Waals surface area (Å²) >= 11 is 0. The summed E-state index contributed by atoms with van der Waals surface area (Å²) in [5, 5.41) is 11.5. The Kier molecular flexibility index (Phi) is 10.0. The van der Waals surface area contributed by atoms with Crippen LogP contribution in [0.15, 0.2) is 47.6 Å². The number of nitrogens with one attached hydrogen (secondary N) is 1. The fourth-order valence-corrected chi connectivity index (χ4v) is 6.49. The van der Waals surface area contributed by atoms with Crippen LogP contribution in [0, 0.1) is 16.7 Å². The van der Waals surface area contributed by atoms with Crippen molar-refractivity contribution in [2.24, 2.45) is 21.7 Å². The van der Waals surface area contributed by atoms with E-state index < -0.39 is 35.5 Å². The van der Waals surface area contributed by atoms with Gasteiger partial charge in [-0.1, -0.05) is 53.7 Å². The summed E-state index contributed by atoms with van der Waals surface area (Å²) in [6.45, 7) is 13.0. The third-order valence-corrected chi connectivity index (χ3v) is 9.19. The number of aliphatic carboxylic acids is 1. The van der Waals surface area contributed by atoms with Crippen molar-refractivity contribution < 1.29 is 32.7 Å². The molecular formula is C35H45F3N4O4. The number of aromatic nitrogens is 1. The zero-order chi connectivity index (χ0) is 34.1. The van der Waals surface area contributed by atoms with Gasteiger partial charge in [-0.25, -0.2) is 0 Å². The van der Waals surface area contributed by atoms with Crippen LogP contribution in [0.5, 0.6) is 0 Å². The molecule has 0 saturated heterocycles. The average Bonchev–Trinajstić information content (AvgIpc) is 3.23. The summed E-state index contributed by atoms with van der Waals surface area (Å²) < 4.78 is 39.9. The molecule has 1 unspecified atom stereocenters. The number of pyridine rings is 1. The number of carbonyl (C=O) groups excluding carboxylic acids is 2. The van der Waals surface area contributed by atoms with Crippen LogP contribution in [0.4, 0.5) is 13.2 Å². The van der Waals surface area contributed by atoms with Gasteiger partial charge in [-0.3, -0.25) is 24.4 Å². The second kappa shape index (κ2) is 13.2. The van der Waals surface area contributed by atoms with Gasteiger partial charge in [0.2, 0.25) is 0 Å². The predicted molar refractivity (Wildman–Crippen MR) is 169 cm³/mol. The van der Waals surface area contributed by atoms with Crippen LogP contribution >= 0.6 is 0 Å². The molecule has 2 aliphatic rings. The van der Waals surface area contributed by atoms with Gasteiger partial charge in [-0.05, 0) is 85.1 Å².